The molecule has 0 aromatic heterocycles. The fraction of sp³-hybridized carbons (Fsp3) is 0.294. The van der Waals surface area contributed by atoms with Gasteiger partial charge in [0.2, 0.25) is 0 Å². The molecule has 3 rings (SSSR count). The smallest absolute Gasteiger partial charge is 0.163 e. The maximum atomic E-state index is 5.58. The van der Waals surface area contributed by atoms with Crippen molar-refractivity contribution >= 4 is 5.69 Å². The zero-order valence-corrected chi connectivity index (χ0v) is 12.1. The Hall–Kier alpha value is -2.36. The molecule has 0 unspecified atom stereocenters. The number of ether oxygens (including phenoxy) is 3. The van der Waals surface area contributed by atoms with Crippen molar-refractivity contribution in [3.63, 3.8) is 0 Å². The van der Waals surface area contributed by atoms with Gasteiger partial charge < -0.3 is 19.5 Å². The maximum absolute atomic E-state index is 5.58. The molecule has 4 nitrogen and oxygen atoms in total. The second-order valence-corrected chi connectivity index (χ2v) is 4.79. The van der Waals surface area contributed by atoms with E-state index in [9.17, 15) is 0 Å². The Morgan fingerprint density at radius 3 is 2.76 bits per heavy atom. The number of benzene rings is 2. The summed E-state index contributed by atoms with van der Waals surface area (Å²) >= 11 is 0. The Morgan fingerprint density at radius 2 is 1.90 bits per heavy atom. The van der Waals surface area contributed by atoms with Gasteiger partial charge in [0.1, 0.15) is 19.0 Å². The van der Waals surface area contributed by atoms with Crippen LogP contribution in [0.5, 0.6) is 17.2 Å². The van der Waals surface area contributed by atoms with E-state index in [2.05, 4.69) is 17.4 Å². The number of anilines is 1. The van der Waals surface area contributed by atoms with Gasteiger partial charge in [0.25, 0.3) is 0 Å². The SMILES string of the molecule is CCOc1cccc(CNc2ccc3c(c2)OCCO3)c1. The summed E-state index contributed by atoms with van der Waals surface area (Å²) in [5.41, 5.74) is 2.19. The van der Waals surface area contributed by atoms with Gasteiger partial charge in [-0.3, -0.25) is 0 Å². The molecule has 0 spiro atoms. The highest BCUT2D eigenvalue weighted by molar-refractivity contribution is 5.55. The van der Waals surface area contributed by atoms with E-state index in [1.165, 1.54) is 5.56 Å². The van der Waals surface area contributed by atoms with Crippen molar-refractivity contribution in [1.29, 1.82) is 0 Å². The van der Waals surface area contributed by atoms with Crippen LogP contribution in [0.3, 0.4) is 0 Å². The van der Waals surface area contributed by atoms with Gasteiger partial charge in [0.05, 0.1) is 6.61 Å². The minimum absolute atomic E-state index is 0.604. The summed E-state index contributed by atoms with van der Waals surface area (Å²) in [7, 11) is 0. The van der Waals surface area contributed by atoms with Crippen molar-refractivity contribution in [1.82, 2.24) is 0 Å². The minimum atomic E-state index is 0.604. The maximum Gasteiger partial charge on any atom is 0.163 e. The third kappa shape index (κ3) is 3.40. The number of fused-ring (bicyclic) bond motifs is 1. The van der Waals surface area contributed by atoms with E-state index >= 15 is 0 Å². The van der Waals surface area contributed by atoms with E-state index in [0.717, 1.165) is 29.5 Å². The highest BCUT2D eigenvalue weighted by atomic mass is 16.6. The molecule has 0 fully saturated rings. The van der Waals surface area contributed by atoms with Crippen LogP contribution in [0, 0.1) is 0 Å². The molecular formula is C17H19NO3. The van der Waals surface area contributed by atoms with Crippen LogP contribution in [0.2, 0.25) is 0 Å². The predicted octanol–water partition coefficient (Wildman–Crippen LogP) is 3.47. The summed E-state index contributed by atoms with van der Waals surface area (Å²) in [6, 6.07) is 14.0. The van der Waals surface area contributed by atoms with Crippen LogP contribution >= 0.6 is 0 Å². The Kier molecular flexibility index (Phi) is 4.15. The van der Waals surface area contributed by atoms with Crippen molar-refractivity contribution in [3.8, 4) is 17.2 Å². The first kappa shape index (κ1) is 13.6. The Bertz CT molecular complexity index is 613. The molecule has 110 valence electrons. The molecule has 0 bridgehead atoms. The number of rotatable bonds is 5. The monoisotopic (exact) mass is 285 g/mol. The summed E-state index contributed by atoms with van der Waals surface area (Å²) in [6.45, 7) is 4.62. The third-order valence-electron chi connectivity index (χ3n) is 3.25. The summed E-state index contributed by atoms with van der Waals surface area (Å²) in [4.78, 5) is 0. The largest absolute Gasteiger partial charge is 0.494 e. The lowest BCUT2D eigenvalue weighted by molar-refractivity contribution is 0.171. The molecule has 4 heteroatoms. The number of hydrogen-bond donors (Lipinski definition) is 1. The lowest BCUT2D eigenvalue weighted by Gasteiger charge is -2.19. The number of hydrogen-bond acceptors (Lipinski definition) is 4. The van der Waals surface area contributed by atoms with E-state index in [-0.39, 0.29) is 0 Å². The van der Waals surface area contributed by atoms with Crippen LogP contribution in [-0.4, -0.2) is 19.8 Å². The Morgan fingerprint density at radius 1 is 1.05 bits per heavy atom. The van der Waals surface area contributed by atoms with Crippen LogP contribution < -0.4 is 19.5 Å². The lowest BCUT2D eigenvalue weighted by atomic mass is 10.2. The molecule has 2 aromatic rings. The number of nitrogens with one attached hydrogen (secondary N) is 1. The average molecular weight is 285 g/mol. The first-order valence-electron chi connectivity index (χ1n) is 7.20. The van der Waals surface area contributed by atoms with Gasteiger partial charge in [-0.15, -0.1) is 0 Å². The van der Waals surface area contributed by atoms with Crippen LogP contribution in [0.1, 0.15) is 12.5 Å². The average Bonchev–Trinajstić information content (AvgIpc) is 2.53. The topological polar surface area (TPSA) is 39.7 Å². The van der Waals surface area contributed by atoms with Gasteiger partial charge >= 0.3 is 0 Å². The van der Waals surface area contributed by atoms with E-state index < -0.39 is 0 Å². The van der Waals surface area contributed by atoms with E-state index in [4.69, 9.17) is 14.2 Å². The zero-order chi connectivity index (χ0) is 14.5. The van der Waals surface area contributed by atoms with Gasteiger partial charge in [-0.1, -0.05) is 12.1 Å². The van der Waals surface area contributed by atoms with Crippen molar-refractivity contribution < 1.29 is 14.2 Å². The van der Waals surface area contributed by atoms with Crippen molar-refractivity contribution in [2.75, 3.05) is 25.1 Å². The zero-order valence-electron chi connectivity index (χ0n) is 12.1. The van der Waals surface area contributed by atoms with E-state index in [0.29, 0.717) is 19.8 Å². The summed E-state index contributed by atoms with van der Waals surface area (Å²) in [5, 5.41) is 3.39. The van der Waals surface area contributed by atoms with Crippen molar-refractivity contribution in [3.05, 3.63) is 48.0 Å². The van der Waals surface area contributed by atoms with Crippen molar-refractivity contribution in [2.24, 2.45) is 0 Å². The van der Waals surface area contributed by atoms with Crippen LogP contribution in [0.25, 0.3) is 0 Å². The summed E-state index contributed by atoms with van der Waals surface area (Å²) < 4.78 is 16.6. The standard InChI is InChI=1S/C17H19NO3/c1-2-19-15-5-3-4-13(10-15)12-18-14-6-7-16-17(11-14)21-9-8-20-16/h3-7,10-11,18H,2,8-9,12H2,1H3. The summed E-state index contributed by atoms with van der Waals surface area (Å²) in [6.07, 6.45) is 0. The van der Waals surface area contributed by atoms with Gasteiger partial charge in [0.15, 0.2) is 11.5 Å². The molecule has 0 saturated heterocycles. The van der Waals surface area contributed by atoms with E-state index in [1.807, 2.05) is 37.3 Å². The molecule has 0 atom stereocenters. The highest BCUT2D eigenvalue weighted by Crippen LogP contribution is 2.32. The normalized spacial score (nSPS) is 12.8. The molecule has 0 radical (unpaired) electrons. The lowest BCUT2D eigenvalue weighted by Crippen LogP contribution is -2.15. The molecular weight excluding hydrogens is 266 g/mol. The first-order chi connectivity index (χ1) is 10.3. The fourth-order valence-electron chi connectivity index (χ4n) is 2.27. The molecule has 21 heavy (non-hydrogen) atoms. The Balaban J connectivity index is 1.66. The van der Waals surface area contributed by atoms with Crippen LogP contribution in [0.15, 0.2) is 42.5 Å². The van der Waals surface area contributed by atoms with Crippen LogP contribution in [-0.2, 0) is 6.54 Å². The molecule has 1 aliphatic rings. The molecule has 2 aromatic carbocycles. The Labute approximate surface area is 124 Å². The quantitative estimate of drug-likeness (QED) is 0.913. The van der Waals surface area contributed by atoms with Gasteiger partial charge in [-0.05, 0) is 36.8 Å². The fourth-order valence-corrected chi connectivity index (χ4v) is 2.27. The molecule has 1 N–H and O–H groups in total. The van der Waals surface area contributed by atoms with Crippen LogP contribution in [0.4, 0.5) is 5.69 Å². The molecule has 0 aliphatic carbocycles. The summed E-state index contributed by atoms with van der Waals surface area (Å²) in [5.74, 6) is 2.51. The second kappa shape index (κ2) is 6.39. The molecule has 0 saturated carbocycles. The van der Waals surface area contributed by atoms with Crippen molar-refractivity contribution in [2.45, 2.75) is 13.5 Å². The minimum Gasteiger partial charge on any atom is -0.494 e. The molecule has 1 heterocycles. The first-order valence-corrected chi connectivity index (χ1v) is 7.20. The molecule has 0 amide bonds. The predicted molar refractivity (Wildman–Crippen MR) is 82.4 cm³/mol. The molecule has 1 aliphatic heterocycles. The second-order valence-electron chi connectivity index (χ2n) is 4.79. The van der Waals surface area contributed by atoms with E-state index in [1.54, 1.807) is 0 Å². The third-order valence-corrected chi connectivity index (χ3v) is 3.25. The van der Waals surface area contributed by atoms with Gasteiger partial charge in [-0.2, -0.15) is 0 Å². The highest BCUT2D eigenvalue weighted by Gasteiger charge is 2.11. The van der Waals surface area contributed by atoms with Gasteiger partial charge in [-0.25, -0.2) is 0 Å². The van der Waals surface area contributed by atoms with Gasteiger partial charge in [0, 0.05) is 18.3 Å².